The number of rotatable bonds is 7. The second kappa shape index (κ2) is 10.5. The fraction of sp³-hybridized carbons (Fsp3) is 0.393. The van der Waals surface area contributed by atoms with E-state index < -0.39 is 23.7 Å². The van der Waals surface area contributed by atoms with Crippen molar-refractivity contribution in [2.24, 2.45) is 5.41 Å². The molecule has 5 rings (SSSR count). The molecule has 4 N–H and O–H groups in total. The van der Waals surface area contributed by atoms with Gasteiger partial charge in [0, 0.05) is 40.7 Å². The zero-order valence-corrected chi connectivity index (χ0v) is 24.1. The quantitative estimate of drug-likeness (QED) is 0.150. The summed E-state index contributed by atoms with van der Waals surface area (Å²) in [5.74, 6) is -0.705. The van der Waals surface area contributed by atoms with Crippen molar-refractivity contribution in [1.82, 2.24) is 25.9 Å². The van der Waals surface area contributed by atoms with Gasteiger partial charge in [0.2, 0.25) is 5.95 Å². The highest BCUT2D eigenvalue weighted by Crippen LogP contribution is 2.55. The maximum absolute atomic E-state index is 14.0. The van der Waals surface area contributed by atoms with Gasteiger partial charge in [-0.15, -0.1) is 5.53 Å². The van der Waals surface area contributed by atoms with Crippen LogP contribution in [0.4, 0.5) is 28.9 Å². The largest absolute Gasteiger partial charge is 0.413 e. The lowest BCUT2D eigenvalue weighted by Crippen LogP contribution is -2.53. The lowest BCUT2D eigenvalue weighted by Gasteiger charge is -2.32. The molecule has 2 aliphatic rings. The predicted octanol–water partition coefficient (Wildman–Crippen LogP) is 5.97. The maximum atomic E-state index is 14.0. The van der Waals surface area contributed by atoms with Gasteiger partial charge in [-0.25, -0.2) is 4.98 Å². The molecule has 0 bridgehead atoms. The van der Waals surface area contributed by atoms with E-state index >= 15 is 0 Å². The van der Waals surface area contributed by atoms with Crippen molar-refractivity contribution in [3.05, 3.63) is 69.5 Å². The second-order valence-corrected chi connectivity index (χ2v) is 12.1. The summed E-state index contributed by atoms with van der Waals surface area (Å²) in [4.78, 5) is 8.29. The molecule has 0 amide bonds. The standard InChI is InChI=1S/C28H28BClF4N8/c1-14-17(5-6-20(31)38-14)23(24-25(29)42(41-40-24)27(7-8-27)28(32,33)34)39-16-9-18-21(37-13-26(2,3)4)15(11-35)12-36-22(18)19(30)10-16/h5-6,9-10,12,23,39-41H,7-8,13H2,1-4H3,(H,36,37)/t23-/m0/s1. The van der Waals surface area contributed by atoms with Crippen LogP contribution in [0.25, 0.3) is 10.9 Å². The second-order valence-electron chi connectivity index (χ2n) is 11.7. The Morgan fingerprint density at radius 3 is 2.55 bits per heavy atom. The highest BCUT2D eigenvalue weighted by atomic mass is 35.5. The van der Waals surface area contributed by atoms with Crippen LogP contribution in [0.3, 0.4) is 0 Å². The molecule has 0 unspecified atom stereocenters. The van der Waals surface area contributed by atoms with Crippen LogP contribution in [-0.4, -0.2) is 41.1 Å². The smallest absolute Gasteiger partial charge is 0.383 e. The minimum Gasteiger partial charge on any atom is -0.383 e. The molecule has 0 spiro atoms. The van der Waals surface area contributed by atoms with Crippen molar-refractivity contribution < 1.29 is 17.6 Å². The highest BCUT2D eigenvalue weighted by molar-refractivity contribution is 6.35. The third-order valence-electron chi connectivity index (χ3n) is 7.34. The number of aryl methyl sites for hydroxylation is 1. The zero-order valence-electron chi connectivity index (χ0n) is 23.3. The Morgan fingerprint density at radius 2 is 1.95 bits per heavy atom. The number of hydrogen-bond acceptors (Lipinski definition) is 8. The van der Waals surface area contributed by atoms with Gasteiger partial charge in [-0.2, -0.15) is 22.8 Å². The molecule has 3 aromatic rings. The van der Waals surface area contributed by atoms with E-state index in [1.165, 1.54) is 12.3 Å². The van der Waals surface area contributed by atoms with Gasteiger partial charge >= 0.3 is 6.18 Å². The molecule has 3 heterocycles. The molecule has 1 saturated carbocycles. The first-order valence-electron chi connectivity index (χ1n) is 13.2. The van der Waals surface area contributed by atoms with Gasteiger partial charge in [0.05, 0.1) is 33.5 Å². The Kier molecular flexibility index (Phi) is 7.44. The molecule has 2 aromatic heterocycles. The first-order chi connectivity index (χ1) is 19.6. The molecular formula is C28H28BClF4N8. The van der Waals surface area contributed by atoms with E-state index in [1.54, 1.807) is 19.1 Å². The maximum Gasteiger partial charge on any atom is 0.413 e. The van der Waals surface area contributed by atoms with E-state index in [1.807, 2.05) is 20.8 Å². The molecular weight excluding hydrogens is 571 g/mol. The third kappa shape index (κ3) is 5.41. The number of nitrogens with zero attached hydrogens (tertiary/aromatic N) is 4. The molecule has 8 nitrogen and oxygen atoms in total. The van der Waals surface area contributed by atoms with Crippen LogP contribution >= 0.6 is 11.6 Å². The number of nitriles is 1. The van der Waals surface area contributed by atoms with Crippen LogP contribution in [0.5, 0.6) is 0 Å². The molecule has 42 heavy (non-hydrogen) atoms. The van der Waals surface area contributed by atoms with Crippen molar-refractivity contribution in [3.63, 3.8) is 0 Å². The first kappa shape index (κ1) is 29.7. The number of anilines is 2. The van der Waals surface area contributed by atoms with E-state index in [-0.39, 0.29) is 34.6 Å². The van der Waals surface area contributed by atoms with Crippen LogP contribution in [0.15, 0.2) is 41.8 Å². The van der Waals surface area contributed by atoms with Gasteiger partial charge in [-0.1, -0.05) is 38.4 Å². The summed E-state index contributed by atoms with van der Waals surface area (Å²) in [6.45, 7) is 8.29. The number of alkyl halides is 3. The molecule has 218 valence electrons. The number of halogens is 5. The van der Waals surface area contributed by atoms with Crippen LogP contribution in [0.2, 0.25) is 5.02 Å². The number of aromatic nitrogens is 2. The Bertz CT molecular complexity index is 1630. The summed E-state index contributed by atoms with van der Waals surface area (Å²) < 4.78 is 55.8. The molecule has 2 radical (unpaired) electrons. The van der Waals surface area contributed by atoms with Crippen LogP contribution < -0.4 is 21.6 Å². The van der Waals surface area contributed by atoms with Crippen molar-refractivity contribution in [2.45, 2.75) is 58.3 Å². The third-order valence-corrected chi connectivity index (χ3v) is 7.63. The number of benzene rings is 1. The van der Waals surface area contributed by atoms with Gasteiger partial charge in [0.15, 0.2) is 5.54 Å². The highest BCUT2D eigenvalue weighted by Gasteiger charge is 2.68. The van der Waals surface area contributed by atoms with Crippen molar-refractivity contribution >= 4 is 41.7 Å². The van der Waals surface area contributed by atoms with Crippen molar-refractivity contribution in [2.75, 3.05) is 17.2 Å². The summed E-state index contributed by atoms with van der Waals surface area (Å²) in [6.07, 6.45) is -3.31. The molecule has 1 aliphatic heterocycles. The summed E-state index contributed by atoms with van der Waals surface area (Å²) in [5, 5.41) is 18.2. The fourth-order valence-corrected chi connectivity index (χ4v) is 5.23. The first-order valence-corrected chi connectivity index (χ1v) is 13.6. The molecule has 1 aliphatic carbocycles. The summed E-state index contributed by atoms with van der Waals surface area (Å²) in [7, 11) is 6.34. The van der Waals surface area contributed by atoms with Crippen LogP contribution in [0.1, 0.15) is 56.5 Å². The van der Waals surface area contributed by atoms with Crippen molar-refractivity contribution in [3.8, 4) is 6.07 Å². The van der Waals surface area contributed by atoms with Gasteiger partial charge in [-0.05, 0) is 43.4 Å². The molecule has 1 fully saturated rings. The average molecular weight is 599 g/mol. The van der Waals surface area contributed by atoms with E-state index in [4.69, 9.17) is 19.4 Å². The fourth-order valence-electron chi connectivity index (χ4n) is 4.96. The lowest BCUT2D eigenvalue weighted by atomic mass is 9.92. The minimum atomic E-state index is -4.52. The Hall–Kier alpha value is -3.76. The Balaban J connectivity index is 1.62. The van der Waals surface area contributed by atoms with Gasteiger partial charge in [0.1, 0.15) is 13.9 Å². The van der Waals surface area contributed by atoms with E-state index in [0.29, 0.717) is 45.6 Å². The monoisotopic (exact) mass is 598 g/mol. The molecule has 1 aromatic carbocycles. The van der Waals surface area contributed by atoms with Gasteiger partial charge in [-0.3, -0.25) is 9.99 Å². The van der Waals surface area contributed by atoms with E-state index in [0.717, 1.165) is 11.1 Å². The summed E-state index contributed by atoms with van der Waals surface area (Å²) in [6, 6.07) is 7.28. The van der Waals surface area contributed by atoms with Crippen LogP contribution in [0, 0.1) is 29.6 Å². The number of hydrazine groups is 2. The van der Waals surface area contributed by atoms with Gasteiger partial charge in [0.25, 0.3) is 0 Å². The number of pyridine rings is 2. The summed E-state index contributed by atoms with van der Waals surface area (Å²) in [5.41, 5.74) is 5.71. The Labute approximate surface area is 246 Å². The predicted molar refractivity (Wildman–Crippen MR) is 154 cm³/mol. The normalized spacial score (nSPS) is 17.2. The lowest BCUT2D eigenvalue weighted by molar-refractivity contribution is -0.196. The number of hydrogen-bond donors (Lipinski definition) is 4. The number of nitrogens with one attached hydrogen (secondary N) is 4. The minimum absolute atomic E-state index is 0.105. The molecule has 0 saturated heterocycles. The molecule has 14 heteroatoms. The van der Waals surface area contributed by atoms with E-state index in [2.05, 4.69) is 37.6 Å². The van der Waals surface area contributed by atoms with Gasteiger partial charge < -0.3 is 16.1 Å². The van der Waals surface area contributed by atoms with Crippen molar-refractivity contribution in [1.29, 1.82) is 5.26 Å². The number of fused-ring (bicyclic) bond motifs is 1. The van der Waals surface area contributed by atoms with E-state index in [9.17, 15) is 22.8 Å². The zero-order chi connectivity index (χ0) is 30.6. The summed E-state index contributed by atoms with van der Waals surface area (Å²) >= 11 is 6.66. The molecule has 1 atom stereocenters. The average Bonchev–Trinajstić information content (AvgIpc) is 3.62. The SMILES string of the molecule is [B]C1=C([C@@H](Nc2cc(Cl)c3ncc(C#N)c(NCC(C)(C)C)c3c2)c2ccc(F)nc2C)NNN1C1(C(F)(F)F)CC1. The topological polar surface area (TPSA) is 101 Å². The Morgan fingerprint density at radius 1 is 1.24 bits per heavy atom. The van der Waals surface area contributed by atoms with Crippen LogP contribution in [-0.2, 0) is 0 Å².